The van der Waals surface area contributed by atoms with Crippen molar-refractivity contribution in [2.45, 2.75) is 58.3 Å². The molecule has 0 unspecified atom stereocenters. The number of nitrogens with one attached hydrogen (secondary N) is 1. The Morgan fingerprint density at radius 3 is 2.23 bits per heavy atom. The Balaban J connectivity index is 2.43. The minimum absolute atomic E-state index is 0.0254. The number of allylic oxidation sites excluding steroid dienone is 5. The molecule has 2 nitrogen and oxygen atoms in total. The maximum Gasteiger partial charge on any atom is 0.252 e. The molecule has 0 atom stereocenters. The molecular formula is C23H33NOS. The van der Waals surface area contributed by atoms with E-state index in [1.165, 1.54) is 16.7 Å². The Bertz CT molecular complexity index is 667. The average Bonchev–Trinajstić information content (AvgIpc) is 2.61. The maximum atomic E-state index is 11.9. The van der Waals surface area contributed by atoms with Gasteiger partial charge in [0.1, 0.15) is 0 Å². The van der Waals surface area contributed by atoms with Crippen LogP contribution in [0.1, 0.15) is 63.7 Å². The zero-order valence-electron chi connectivity index (χ0n) is 16.9. The van der Waals surface area contributed by atoms with Gasteiger partial charge in [-0.2, -0.15) is 0 Å². The number of thioether (sulfide) groups is 1. The van der Waals surface area contributed by atoms with E-state index >= 15 is 0 Å². The van der Waals surface area contributed by atoms with Crippen LogP contribution in [-0.4, -0.2) is 18.7 Å². The Kier molecular flexibility index (Phi) is 10.8. The third-order valence-electron chi connectivity index (χ3n) is 4.15. The molecule has 1 amide bonds. The third-order valence-corrected chi connectivity index (χ3v) is 5.15. The van der Waals surface area contributed by atoms with Crippen molar-refractivity contribution in [3.63, 3.8) is 0 Å². The van der Waals surface area contributed by atoms with E-state index in [9.17, 15) is 4.79 Å². The predicted octanol–water partition coefficient (Wildman–Crippen LogP) is 6.56. The fourth-order valence-electron chi connectivity index (χ4n) is 2.53. The second-order valence-electron chi connectivity index (χ2n) is 6.85. The first-order valence-electron chi connectivity index (χ1n) is 9.32. The quantitative estimate of drug-likeness (QED) is 0.373. The first-order chi connectivity index (χ1) is 12.4. The van der Waals surface area contributed by atoms with Crippen LogP contribution in [0.2, 0.25) is 0 Å². The van der Waals surface area contributed by atoms with Crippen LogP contribution in [0.25, 0.3) is 0 Å². The van der Waals surface area contributed by atoms with Crippen LogP contribution in [0, 0.1) is 0 Å². The minimum atomic E-state index is -0.0254. The summed E-state index contributed by atoms with van der Waals surface area (Å²) in [5, 5.41) is 2.70. The van der Waals surface area contributed by atoms with Gasteiger partial charge in [-0.05, 0) is 65.5 Å². The summed E-state index contributed by atoms with van der Waals surface area (Å²) in [6.07, 6.45) is 11.4. The highest BCUT2D eigenvalue weighted by molar-refractivity contribution is 7.99. The van der Waals surface area contributed by atoms with Crippen molar-refractivity contribution >= 4 is 17.7 Å². The molecule has 0 spiro atoms. The minimum Gasteiger partial charge on any atom is -0.355 e. The van der Waals surface area contributed by atoms with Crippen LogP contribution in [0.5, 0.6) is 0 Å². The summed E-state index contributed by atoms with van der Waals surface area (Å²) in [5.41, 5.74) is 5.03. The number of benzene rings is 1. The van der Waals surface area contributed by atoms with Crippen LogP contribution in [0.4, 0.5) is 0 Å². The summed E-state index contributed by atoms with van der Waals surface area (Å²) >= 11 is 1.71. The first kappa shape index (κ1) is 22.3. The van der Waals surface area contributed by atoms with Gasteiger partial charge in [0.05, 0.1) is 5.56 Å². The lowest BCUT2D eigenvalue weighted by Crippen LogP contribution is -2.18. The molecule has 1 rings (SSSR count). The van der Waals surface area contributed by atoms with E-state index in [4.69, 9.17) is 0 Å². The molecule has 0 saturated carbocycles. The number of carbonyl (C=O) groups is 1. The second kappa shape index (κ2) is 12.6. The highest BCUT2D eigenvalue weighted by atomic mass is 32.2. The SMILES string of the molecule is CNC(=O)c1ccccc1SC/C=C(\C)CC/C=C(\C)CCC=C(C)C. The zero-order chi connectivity index (χ0) is 19.4. The third kappa shape index (κ3) is 9.10. The smallest absolute Gasteiger partial charge is 0.252 e. The van der Waals surface area contributed by atoms with Gasteiger partial charge < -0.3 is 5.32 Å². The molecule has 0 bridgehead atoms. The lowest BCUT2D eigenvalue weighted by molar-refractivity contribution is 0.0960. The second-order valence-corrected chi connectivity index (χ2v) is 7.91. The maximum absolute atomic E-state index is 11.9. The van der Waals surface area contributed by atoms with Gasteiger partial charge in [-0.1, -0.05) is 47.1 Å². The van der Waals surface area contributed by atoms with Gasteiger partial charge in [-0.15, -0.1) is 11.8 Å². The molecule has 0 saturated heterocycles. The van der Waals surface area contributed by atoms with Crippen LogP contribution in [0.3, 0.4) is 0 Å². The van der Waals surface area contributed by atoms with Crippen molar-refractivity contribution in [1.29, 1.82) is 0 Å². The number of hydrogen-bond acceptors (Lipinski definition) is 2. The van der Waals surface area contributed by atoms with Crippen molar-refractivity contribution in [3.8, 4) is 0 Å². The van der Waals surface area contributed by atoms with Crippen molar-refractivity contribution in [2.75, 3.05) is 12.8 Å². The van der Waals surface area contributed by atoms with Crippen LogP contribution in [0.15, 0.2) is 64.1 Å². The number of rotatable bonds is 10. The van der Waals surface area contributed by atoms with E-state index < -0.39 is 0 Å². The molecular weight excluding hydrogens is 338 g/mol. The molecule has 0 radical (unpaired) electrons. The van der Waals surface area contributed by atoms with Crippen molar-refractivity contribution in [1.82, 2.24) is 5.32 Å². The van der Waals surface area contributed by atoms with Gasteiger partial charge in [0, 0.05) is 17.7 Å². The molecule has 1 aromatic rings. The highest BCUT2D eigenvalue weighted by Crippen LogP contribution is 2.23. The lowest BCUT2D eigenvalue weighted by atomic mass is 10.1. The Hall–Kier alpha value is -1.74. The molecule has 0 aliphatic carbocycles. The average molecular weight is 372 g/mol. The van der Waals surface area contributed by atoms with Crippen LogP contribution < -0.4 is 5.32 Å². The highest BCUT2D eigenvalue weighted by Gasteiger charge is 2.08. The summed E-state index contributed by atoms with van der Waals surface area (Å²) in [5.74, 6) is 0.867. The number of carbonyl (C=O) groups excluding carboxylic acids is 1. The van der Waals surface area contributed by atoms with E-state index in [0.29, 0.717) is 0 Å². The van der Waals surface area contributed by atoms with Gasteiger partial charge in [-0.3, -0.25) is 4.79 Å². The fraction of sp³-hybridized carbons (Fsp3) is 0.435. The molecule has 1 N–H and O–H groups in total. The summed E-state index contributed by atoms with van der Waals surface area (Å²) < 4.78 is 0. The molecule has 1 aromatic carbocycles. The monoisotopic (exact) mass is 371 g/mol. The van der Waals surface area contributed by atoms with Gasteiger partial charge in [0.15, 0.2) is 0 Å². The van der Waals surface area contributed by atoms with Crippen molar-refractivity contribution < 1.29 is 4.79 Å². The van der Waals surface area contributed by atoms with E-state index in [-0.39, 0.29) is 5.91 Å². The first-order valence-corrected chi connectivity index (χ1v) is 10.3. The standard InChI is InChI=1S/C23H33NOS/c1-18(2)10-8-11-19(3)12-9-13-20(4)16-17-26-22-15-7-6-14-21(22)23(25)24-5/h6-7,10,12,14-16H,8-9,11,13,17H2,1-5H3,(H,24,25)/b19-12+,20-16+. The molecule has 0 heterocycles. The molecule has 3 heteroatoms. The van der Waals surface area contributed by atoms with Crippen LogP contribution >= 0.6 is 11.8 Å². The zero-order valence-corrected chi connectivity index (χ0v) is 17.7. The number of hydrogen-bond donors (Lipinski definition) is 1. The molecule has 0 aliphatic heterocycles. The molecule has 0 aliphatic rings. The number of amides is 1. The largest absolute Gasteiger partial charge is 0.355 e. The van der Waals surface area contributed by atoms with E-state index in [0.717, 1.165) is 41.9 Å². The van der Waals surface area contributed by atoms with Crippen molar-refractivity contribution in [3.05, 3.63) is 64.8 Å². The summed E-state index contributed by atoms with van der Waals surface area (Å²) in [6, 6.07) is 7.77. The summed E-state index contributed by atoms with van der Waals surface area (Å²) in [7, 11) is 1.67. The predicted molar refractivity (Wildman–Crippen MR) is 116 cm³/mol. The van der Waals surface area contributed by atoms with E-state index in [1.807, 2.05) is 24.3 Å². The molecule has 0 aromatic heterocycles. The van der Waals surface area contributed by atoms with Gasteiger partial charge in [-0.25, -0.2) is 0 Å². The molecule has 26 heavy (non-hydrogen) atoms. The normalized spacial score (nSPS) is 12.0. The van der Waals surface area contributed by atoms with E-state index in [1.54, 1.807) is 18.8 Å². The topological polar surface area (TPSA) is 29.1 Å². The summed E-state index contributed by atoms with van der Waals surface area (Å²) in [6.45, 7) is 8.72. The van der Waals surface area contributed by atoms with E-state index in [2.05, 4.69) is 51.2 Å². The Labute approximate surface area is 163 Å². The van der Waals surface area contributed by atoms with Gasteiger partial charge in [0.25, 0.3) is 5.91 Å². The Morgan fingerprint density at radius 2 is 1.58 bits per heavy atom. The Morgan fingerprint density at radius 1 is 0.962 bits per heavy atom. The van der Waals surface area contributed by atoms with Gasteiger partial charge in [0.2, 0.25) is 0 Å². The van der Waals surface area contributed by atoms with Crippen molar-refractivity contribution in [2.24, 2.45) is 0 Å². The lowest BCUT2D eigenvalue weighted by Gasteiger charge is -2.07. The molecule has 0 fully saturated rings. The molecule has 142 valence electrons. The fourth-order valence-corrected chi connectivity index (χ4v) is 3.57. The van der Waals surface area contributed by atoms with Crippen LogP contribution in [-0.2, 0) is 0 Å². The summed E-state index contributed by atoms with van der Waals surface area (Å²) in [4.78, 5) is 12.9. The van der Waals surface area contributed by atoms with Gasteiger partial charge >= 0.3 is 0 Å².